The molecule has 0 saturated carbocycles. The van der Waals surface area contributed by atoms with Gasteiger partial charge < -0.3 is 20.2 Å². The molecular formula is C24H25N5O. The van der Waals surface area contributed by atoms with Crippen LogP contribution in [0.25, 0.3) is 33.3 Å². The number of aryl methyl sites for hydroxylation is 1. The number of pyridine rings is 1. The Labute approximate surface area is 174 Å². The minimum absolute atomic E-state index is 0.116. The number of anilines is 1. The minimum atomic E-state index is -0.116. The number of piperidine rings is 3. The summed E-state index contributed by atoms with van der Waals surface area (Å²) in [5.41, 5.74) is 5.21. The highest BCUT2D eigenvalue weighted by Crippen LogP contribution is 2.35. The third-order valence-electron chi connectivity index (χ3n) is 6.78. The number of benzene rings is 2. The predicted octanol–water partition coefficient (Wildman–Crippen LogP) is 3.89. The largest absolute Gasteiger partial charge is 0.379 e. The average Bonchev–Trinajstić information content (AvgIpc) is 3.19. The number of hydrogen-bond acceptors (Lipinski definition) is 4. The molecule has 6 heteroatoms. The van der Waals surface area contributed by atoms with Gasteiger partial charge in [0.25, 0.3) is 5.56 Å². The molecule has 2 aromatic carbocycles. The first-order chi connectivity index (χ1) is 14.7. The molecule has 5 heterocycles. The van der Waals surface area contributed by atoms with Gasteiger partial charge in [0, 0.05) is 18.0 Å². The second-order valence-electron chi connectivity index (χ2n) is 8.74. The number of H-pyrrole nitrogens is 2. The molecule has 3 aliphatic rings. The van der Waals surface area contributed by atoms with Gasteiger partial charge in [-0.1, -0.05) is 23.8 Å². The summed E-state index contributed by atoms with van der Waals surface area (Å²) in [6.07, 6.45) is 2.44. The topological polar surface area (TPSA) is 76.8 Å². The molecule has 3 fully saturated rings. The van der Waals surface area contributed by atoms with Gasteiger partial charge in [0.2, 0.25) is 0 Å². The summed E-state index contributed by atoms with van der Waals surface area (Å²) >= 11 is 0. The summed E-state index contributed by atoms with van der Waals surface area (Å²) in [4.78, 5) is 27.0. The van der Waals surface area contributed by atoms with Crippen LogP contribution in [0.5, 0.6) is 0 Å². The van der Waals surface area contributed by atoms with Gasteiger partial charge >= 0.3 is 0 Å². The Morgan fingerprint density at radius 3 is 2.67 bits per heavy atom. The highest BCUT2D eigenvalue weighted by atomic mass is 16.1. The van der Waals surface area contributed by atoms with Crippen molar-refractivity contribution >= 4 is 27.6 Å². The first kappa shape index (κ1) is 17.7. The number of rotatable bonds is 3. The summed E-state index contributed by atoms with van der Waals surface area (Å²) in [6, 6.07) is 14.4. The van der Waals surface area contributed by atoms with Gasteiger partial charge in [-0.15, -0.1) is 0 Å². The number of hydrogen-bond donors (Lipinski definition) is 3. The molecule has 2 aromatic heterocycles. The van der Waals surface area contributed by atoms with Gasteiger partial charge in [-0.3, -0.25) is 4.79 Å². The summed E-state index contributed by atoms with van der Waals surface area (Å²) in [5.74, 6) is 1.27. The van der Waals surface area contributed by atoms with Crippen molar-refractivity contribution in [2.45, 2.75) is 25.8 Å². The normalized spacial score (nSPS) is 23.3. The van der Waals surface area contributed by atoms with E-state index in [1.54, 1.807) is 0 Å². The van der Waals surface area contributed by atoms with Crippen LogP contribution in [-0.4, -0.2) is 45.5 Å². The molecule has 3 aliphatic heterocycles. The monoisotopic (exact) mass is 399 g/mol. The molecule has 3 N–H and O–H groups in total. The fourth-order valence-electron chi connectivity index (χ4n) is 5.17. The number of para-hydroxylation sites is 2. The van der Waals surface area contributed by atoms with Crippen LogP contribution in [0.15, 0.2) is 47.3 Å². The van der Waals surface area contributed by atoms with Crippen molar-refractivity contribution in [3.63, 3.8) is 0 Å². The highest BCUT2D eigenvalue weighted by Gasteiger charge is 2.35. The number of imidazole rings is 1. The lowest BCUT2D eigenvalue weighted by molar-refractivity contribution is 0.0976. The van der Waals surface area contributed by atoms with Crippen LogP contribution in [0.1, 0.15) is 18.4 Å². The maximum atomic E-state index is 13.3. The summed E-state index contributed by atoms with van der Waals surface area (Å²) in [5, 5.41) is 4.86. The standard InChI is InChI=1S/C24H25N5O/c1-14-6-7-17-16(12-14)22(25-20-13-29-10-8-15(20)9-11-29)21(24(30)28-17)23-26-18-4-2-3-5-19(18)27-23/h2-7,12,15,20H,8-11,13H2,1H3,(H,26,27)(H2,25,28,30)/t20-/m0/s1. The van der Waals surface area contributed by atoms with Crippen LogP contribution in [0.2, 0.25) is 0 Å². The predicted molar refractivity (Wildman–Crippen MR) is 121 cm³/mol. The quantitative estimate of drug-likeness (QED) is 0.489. The van der Waals surface area contributed by atoms with Crippen LogP contribution in [0.3, 0.4) is 0 Å². The lowest BCUT2D eigenvalue weighted by Crippen LogP contribution is -2.53. The van der Waals surface area contributed by atoms with Crippen molar-refractivity contribution in [2.75, 3.05) is 25.0 Å². The van der Waals surface area contributed by atoms with Gasteiger partial charge in [-0.25, -0.2) is 4.98 Å². The van der Waals surface area contributed by atoms with Crippen LogP contribution in [0.4, 0.5) is 5.69 Å². The van der Waals surface area contributed by atoms with Crippen molar-refractivity contribution in [3.8, 4) is 11.4 Å². The molecule has 0 radical (unpaired) electrons. The smallest absolute Gasteiger partial charge is 0.261 e. The van der Waals surface area contributed by atoms with Gasteiger partial charge in [-0.05, 0) is 63.0 Å². The van der Waals surface area contributed by atoms with Crippen molar-refractivity contribution in [3.05, 3.63) is 58.4 Å². The van der Waals surface area contributed by atoms with E-state index in [9.17, 15) is 4.79 Å². The lowest BCUT2D eigenvalue weighted by Gasteiger charge is -2.45. The van der Waals surface area contributed by atoms with Crippen molar-refractivity contribution in [2.24, 2.45) is 5.92 Å². The Bertz CT molecular complexity index is 1280. The Morgan fingerprint density at radius 1 is 1.07 bits per heavy atom. The number of nitrogens with one attached hydrogen (secondary N) is 3. The van der Waals surface area contributed by atoms with Gasteiger partial charge in [-0.2, -0.15) is 0 Å². The Kier molecular flexibility index (Phi) is 3.96. The van der Waals surface area contributed by atoms with Gasteiger partial charge in [0.15, 0.2) is 0 Å². The van der Waals surface area contributed by atoms with Crippen molar-refractivity contribution in [1.29, 1.82) is 0 Å². The Balaban J connectivity index is 1.56. The third-order valence-corrected chi connectivity index (χ3v) is 6.78. The average molecular weight is 399 g/mol. The van der Waals surface area contributed by atoms with E-state index in [2.05, 4.69) is 33.2 Å². The van der Waals surface area contributed by atoms with E-state index in [1.165, 1.54) is 31.5 Å². The maximum Gasteiger partial charge on any atom is 0.261 e. The fraction of sp³-hybridized carbons (Fsp3) is 0.333. The Hall–Kier alpha value is -3.12. The minimum Gasteiger partial charge on any atom is -0.379 e. The van der Waals surface area contributed by atoms with E-state index in [1.807, 2.05) is 36.4 Å². The zero-order valence-electron chi connectivity index (χ0n) is 17.0. The number of nitrogens with zero attached hydrogens (tertiary/aromatic N) is 2. The van der Waals surface area contributed by atoms with E-state index in [4.69, 9.17) is 4.98 Å². The fourth-order valence-corrected chi connectivity index (χ4v) is 5.17. The van der Waals surface area contributed by atoms with Crippen LogP contribution in [-0.2, 0) is 0 Å². The van der Waals surface area contributed by atoms with E-state index < -0.39 is 0 Å². The molecular weight excluding hydrogens is 374 g/mol. The molecule has 2 bridgehead atoms. The molecule has 4 aromatic rings. The third kappa shape index (κ3) is 2.82. The van der Waals surface area contributed by atoms with Gasteiger partial charge in [0.05, 0.1) is 22.2 Å². The van der Waals surface area contributed by atoms with Crippen molar-refractivity contribution in [1.82, 2.24) is 19.9 Å². The molecule has 152 valence electrons. The molecule has 1 atom stereocenters. The molecule has 0 spiro atoms. The second-order valence-corrected chi connectivity index (χ2v) is 8.74. The zero-order chi connectivity index (χ0) is 20.2. The van der Waals surface area contributed by atoms with E-state index in [-0.39, 0.29) is 5.56 Å². The van der Waals surface area contributed by atoms with Crippen LogP contribution < -0.4 is 10.9 Å². The zero-order valence-corrected chi connectivity index (χ0v) is 17.0. The van der Waals surface area contributed by atoms with Crippen molar-refractivity contribution < 1.29 is 0 Å². The van der Waals surface area contributed by atoms with Gasteiger partial charge in [0.1, 0.15) is 11.4 Å². The van der Waals surface area contributed by atoms with Crippen LogP contribution >= 0.6 is 0 Å². The summed E-state index contributed by atoms with van der Waals surface area (Å²) in [6.45, 7) is 5.50. The SMILES string of the molecule is Cc1ccc2[nH]c(=O)c(-c3nc4ccccc4[nH]3)c(N[C@H]3CN4CCC3CC4)c2c1. The number of fused-ring (bicyclic) bond motifs is 5. The lowest BCUT2D eigenvalue weighted by atomic mass is 9.83. The molecule has 0 unspecified atom stereocenters. The first-order valence-electron chi connectivity index (χ1n) is 10.8. The molecule has 0 amide bonds. The molecule has 7 rings (SSSR count). The molecule has 3 saturated heterocycles. The molecule has 30 heavy (non-hydrogen) atoms. The van der Waals surface area contributed by atoms with E-state index >= 15 is 0 Å². The first-order valence-corrected chi connectivity index (χ1v) is 10.8. The van der Waals surface area contributed by atoms with E-state index in [0.29, 0.717) is 23.3 Å². The second kappa shape index (κ2) is 6.71. The highest BCUT2D eigenvalue weighted by molar-refractivity contribution is 5.99. The molecule has 6 nitrogen and oxygen atoms in total. The summed E-state index contributed by atoms with van der Waals surface area (Å²) < 4.78 is 0. The Morgan fingerprint density at radius 2 is 1.90 bits per heavy atom. The number of aromatic amines is 2. The number of aromatic nitrogens is 3. The van der Waals surface area contributed by atoms with E-state index in [0.717, 1.165) is 34.2 Å². The van der Waals surface area contributed by atoms with Crippen LogP contribution in [0, 0.1) is 12.8 Å². The molecule has 0 aliphatic carbocycles. The maximum absolute atomic E-state index is 13.3. The summed E-state index contributed by atoms with van der Waals surface area (Å²) in [7, 11) is 0.